The van der Waals surface area contributed by atoms with E-state index in [9.17, 15) is 9.59 Å². The molecule has 3 aromatic rings. The van der Waals surface area contributed by atoms with Gasteiger partial charge in [-0.15, -0.1) is 0 Å². The highest BCUT2D eigenvalue weighted by Crippen LogP contribution is 2.23. The topological polar surface area (TPSA) is 58.6 Å². The number of nitrogens with zero attached hydrogens (tertiary/aromatic N) is 1. The maximum absolute atomic E-state index is 13.7. The van der Waals surface area contributed by atoms with Gasteiger partial charge in [0.2, 0.25) is 11.8 Å². The number of amides is 2. The molecule has 6 heteroatoms. The Morgan fingerprint density at radius 3 is 2.27 bits per heavy atom. The summed E-state index contributed by atoms with van der Waals surface area (Å²) in [6.07, 6.45) is 5.48. The minimum atomic E-state index is -0.637. The molecule has 1 saturated carbocycles. The molecule has 0 radical (unpaired) electrons. The predicted octanol–water partition coefficient (Wildman–Crippen LogP) is 6.20. The summed E-state index contributed by atoms with van der Waals surface area (Å²) >= 11 is 6.49. The van der Waals surface area contributed by atoms with E-state index in [1.807, 2.05) is 84.9 Å². The Hall–Kier alpha value is -3.31. The van der Waals surface area contributed by atoms with Gasteiger partial charge in [0.05, 0.1) is 6.61 Å². The molecule has 37 heavy (non-hydrogen) atoms. The number of halogens is 1. The van der Waals surface area contributed by atoms with Crippen molar-refractivity contribution in [2.45, 2.75) is 63.6 Å². The normalized spacial score (nSPS) is 14.2. The minimum Gasteiger partial charge on any atom is -0.494 e. The van der Waals surface area contributed by atoms with Crippen molar-refractivity contribution >= 4 is 23.4 Å². The second-order valence-corrected chi connectivity index (χ2v) is 9.98. The van der Waals surface area contributed by atoms with Crippen LogP contribution in [0.3, 0.4) is 0 Å². The molecular formula is C31H35ClN2O3. The van der Waals surface area contributed by atoms with Gasteiger partial charge in [0, 0.05) is 30.5 Å². The quantitative estimate of drug-likeness (QED) is 0.290. The smallest absolute Gasteiger partial charge is 0.243 e. The molecule has 5 nitrogen and oxygen atoms in total. The lowest BCUT2D eigenvalue weighted by Gasteiger charge is -2.32. The number of nitrogens with one attached hydrogen (secondary N) is 1. The van der Waals surface area contributed by atoms with Gasteiger partial charge in [0.1, 0.15) is 11.8 Å². The van der Waals surface area contributed by atoms with E-state index in [1.54, 1.807) is 4.90 Å². The summed E-state index contributed by atoms with van der Waals surface area (Å²) in [5, 5.41) is 3.82. The van der Waals surface area contributed by atoms with Crippen molar-refractivity contribution in [3.8, 4) is 5.75 Å². The molecule has 0 aliphatic heterocycles. The third-order valence-electron chi connectivity index (χ3n) is 6.82. The largest absolute Gasteiger partial charge is 0.494 e. The Labute approximate surface area is 224 Å². The third kappa shape index (κ3) is 8.09. The van der Waals surface area contributed by atoms with Gasteiger partial charge in [-0.25, -0.2) is 0 Å². The Morgan fingerprint density at radius 2 is 1.57 bits per heavy atom. The van der Waals surface area contributed by atoms with Crippen LogP contribution in [0.5, 0.6) is 5.75 Å². The molecule has 194 valence electrons. The molecule has 0 spiro atoms. The fourth-order valence-electron chi connectivity index (χ4n) is 4.81. The van der Waals surface area contributed by atoms with Crippen molar-refractivity contribution in [3.63, 3.8) is 0 Å². The van der Waals surface area contributed by atoms with Crippen molar-refractivity contribution in [1.82, 2.24) is 10.2 Å². The summed E-state index contributed by atoms with van der Waals surface area (Å²) in [7, 11) is 0. The number of ether oxygens (including phenoxy) is 1. The van der Waals surface area contributed by atoms with Crippen LogP contribution < -0.4 is 10.1 Å². The fourth-order valence-corrected chi connectivity index (χ4v) is 5.00. The number of hydrogen-bond donors (Lipinski definition) is 1. The lowest BCUT2D eigenvalue weighted by Crippen LogP contribution is -2.52. The standard InChI is InChI=1S/C31H35ClN2O3/c32-28-19-10-7-14-25(28)23-34(30(35)20-11-21-37-27-17-5-2-6-18-27)29(22-24-12-3-1-4-13-24)31(36)33-26-15-8-9-16-26/h1-7,10,12-14,17-19,26,29H,8-9,11,15-16,20-23H2,(H,33,36)/t29-/m1/s1. The monoisotopic (exact) mass is 518 g/mol. The molecule has 2 amide bonds. The van der Waals surface area contributed by atoms with E-state index in [0.29, 0.717) is 24.5 Å². The van der Waals surface area contributed by atoms with Crippen LogP contribution in [-0.4, -0.2) is 35.4 Å². The van der Waals surface area contributed by atoms with Gasteiger partial charge in [0.15, 0.2) is 0 Å². The second-order valence-electron chi connectivity index (χ2n) is 9.57. The van der Waals surface area contributed by atoms with Crippen LogP contribution in [0, 0.1) is 0 Å². The first kappa shape index (κ1) is 26.7. The SMILES string of the molecule is O=C(NC1CCCC1)[C@@H](Cc1ccccc1)N(Cc1ccccc1Cl)C(=O)CCCOc1ccccc1. The Morgan fingerprint density at radius 1 is 0.919 bits per heavy atom. The number of hydrogen-bond acceptors (Lipinski definition) is 3. The Balaban J connectivity index is 1.53. The number of para-hydroxylation sites is 1. The van der Waals surface area contributed by atoms with E-state index >= 15 is 0 Å². The van der Waals surface area contributed by atoms with Crippen LogP contribution >= 0.6 is 11.6 Å². The maximum Gasteiger partial charge on any atom is 0.243 e. The van der Waals surface area contributed by atoms with Gasteiger partial charge in [-0.1, -0.05) is 91.2 Å². The average Bonchev–Trinajstić information content (AvgIpc) is 3.43. The Kier molecular flexibility index (Phi) is 10.0. The molecule has 0 heterocycles. The summed E-state index contributed by atoms with van der Waals surface area (Å²) in [6, 6.07) is 26.5. The van der Waals surface area contributed by atoms with Crippen LogP contribution in [0.1, 0.15) is 49.7 Å². The van der Waals surface area contributed by atoms with Crippen LogP contribution in [0.4, 0.5) is 0 Å². The van der Waals surface area contributed by atoms with Crippen molar-refractivity contribution in [2.75, 3.05) is 6.61 Å². The summed E-state index contributed by atoms with van der Waals surface area (Å²) in [6.45, 7) is 0.695. The predicted molar refractivity (Wildman–Crippen MR) is 148 cm³/mol. The van der Waals surface area contributed by atoms with Gasteiger partial charge >= 0.3 is 0 Å². The summed E-state index contributed by atoms with van der Waals surface area (Å²) < 4.78 is 5.79. The second kappa shape index (κ2) is 13.8. The molecule has 0 unspecified atom stereocenters. The highest BCUT2D eigenvalue weighted by Gasteiger charge is 2.32. The van der Waals surface area contributed by atoms with Gasteiger partial charge in [-0.2, -0.15) is 0 Å². The number of carbonyl (C=O) groups excluding carboxylic acids is 2. The highest BCUT2D eigenvalue weighted by molar-refractivity contribution is 6.31. The fraction of sp³-hybridized carbons (Fsp3) is 0.355. The van der Waals surface area contributed by atoms with E-state index in [4.69, 9.17) is 16.3 Å². The zero-order chi connectivity index (χ0) is 25.9. The first-order valence-electron chi connectivity index (χ1n) is 13.1. The summed E-state index contributed by atoms with van der Waals surface area (Å²) in [5.41, 5.74) is 1.84. The Bertz CT molecular complexity index is 1130. The molecule has 1 aliphatic rings. The van der Waals surface area contributed by atoms with Crippen LogP contribution in [-0.2, 0) is 22.6 Å². The molecular weight excluding hydrogens is 484 g/mol. The molecule has 4 rings (SSSR count). The molecule has 0 bridgehead atoms. The lowest BCUT2D eigenvalue weighted by molar-refractivity contribution is -0.141. The van der Waals surface area contributed by atoms with Crippen molar-refractivity contribution in [3.05, 3.63) is 101 Å². The molecule has 1 atom stereocenters. The van der Waals surface area contributed by atoms with Crippen LogP contribution in [0.2, 0.25) is 5.02 Å². The highest BCUT2D eigenvalue weighted by atomic mass is 35.5. The van der Waals surface area contributed by atoms with Gasteiger partial charge in [0.25, 0.3) is 0 Å². The van der Waals surface area contributed by atoms with Gasteiger partial charge in [-0.3, -0.25) is 9.59 Å². The molecule has 1 N–H and O–H groups in total. The van der Waals surface area contributed by atoms with Gasteiger partial charge in [-0.05, 0) is 48.6 Å². The molecule has 1 fully saturated rings. The lowest BCUT2D eigenvalue weighted by atomic mass is 10.0. The first-order chi connectivity index (χ1) is 18.1. The summed E-state index contributed by atoms with van der Waals surface area (Å²) in [4.78, 5) is 29.1. The van der Waals surface area contributed by atoms with E-state index in [1.165, 1.54) is 0 Å². The van der Waals surface area contributed by atoms with E-state index in [0.717, 1.165) is 42.6 Å². The van der Waals surface area contributed by atoms with E-state index in [-0.39, 0.29) is 30.8 Å². The van der Waals surface area contributed by atoms with Crippen molar-refractivity contribution < 1.29 is 14.3 Å². The minimum absolute atomic E-state index is 0.0842. The number of benzene rings is 3. The number of rotatable bonds is 12. The summed E-state index contributed by atoms with van der Waals surface area (Å²) in [5.74, 6) is 0.594. The molecule has 0 saturated heterocycles. The third-order valence-corrected chi connectivity index (χ3v) is 7.19. The average molecular weight is 519 g/mol. The van der Waals surface area contributed by atoms with Crippen LogP contribution in [0.25, 0.3) is 0 Å². The maximum atomic E-state index is 13.7. The van der Waals surface area contributed by atoms with Crippen molar-refractivity contribution in [2.24, 2.45) is 0 Å². The zero-order valence-electron chi connectivity index (χ0n) is 21.2. The van der Waals surface area contributed by atoms with Crippen LogP contribution in [0.15, 0.2) is 84.9 Å². The number of carbonyl (C=O) groups is 2. The van der Waals surface area contributed by atoms with Crippen molar-refractivity contribution in [1.29, 1.82) is 0 Å². The first-order valence-corrected chi connectivity index (χ1v) is 13.5. The van der Waals surface area contributed by atoms with E-state index < -0.39 is 6.04 Å². The zero-order valence-corrected chi connectivity index (χ0v) is 21.9. The molecule has 1 aliphatic carbocycles. The molecule has 0 aromatic heterocycles. The van der Waals surface area contributed by atoms with Gasteiger partial charge < -0.3 is 15.0 Å². The van der Waals surface area contributed by atoms with E-state index in [2.05, 4.69) is 5.32 Å². The molecule has 3 aromatic carbocycles.